The topological polar surface area (TPSA) is 97.0 Å². The highest BCUT2D eigenvalue weighted by atomic mass is 19.4. The normalized spacial score (nSPS) is 30.4. The van der Waals surface area contributed by atoms with E-state index in [0.29, 0.717) is 49.6 Å². The summed E-state index contributed by atoms with van der Waals surface area (Å²) in [6, 6.07) is 2.75. The van der Waals surface area contributed by atoms with Crippen LogP contribution in [0, 0.1) is 6.92 Å². The smallest absolute Gasteiger partial charge is 0.417 e. The van der Waals surface area contributed by atoms with E-state index in [-0.39, 0.29) is 42.5 Å². The number of aryl methyl sites for hydroxylation is 1. The lowest BCUT2D eigenvalue weighted by atomic mass is 9.91. The summed E-state index contributed by atoms with van der Waals surface area (Å²) in [4.78, 5) is 13.5. The number of hydrogen-bond acceptors (Lipinski definition) is 8. The number of rotatable bonds is 5. The molecule has 5 heterocycles. The molecule has 4 aliphatic rings. The minimum atomic E-state index is -4.58. The predicted molar refractivity (Wildman–Crippen MR) is 144 cm³/mol. The summed E-state index contributed by atoms with van der Waals surface area (Å²) >= 11 is 0. The molecule has 224 valence electrons. The van der Waals surface area contributed by atoms with Crippen LogP contribution in [-0.4, -0.2) is 70.1 Å². The maximum Gasteiger partial charge on any atom is 0.417 e. The molecule has 12 heteroatoms. The summed E-state index contributed by atoms with van der Waals surface area (Å²) in [6.45, 7) is 5.61. The predicted octanol–water partition coefficient (Wildman–Crippen LogP) is 4.51. The molecule has 1 aromatic heterocycles. The van der Waals surface area contributed by atoms with E-state index in [4.69, 9.17) is 20.2 Å². The molecule has 2 aromatic rings. The molecule has 8 nitrogen and oxygen atoms in total. The van der Waals surface area contributed by atoms with Gasteiger partial charge in [-0.25, -0.2) is 4.39 Å². The quantitative estimate of drug-likeness (QED) is 0.395. The number of nitrogens with zero attached hydrogens (tertiary/aromatic N) is 4. The van der Waals surface area contributed by atoms with Crippen LogP contribution < -0.4 is 15.4 Å². The molecule has 0 bridgehead atoms. The molecule has 41 heavy (non-hydrogen) atoms. The van der Waals surface area contributed by atoms with Gasteiger partial charge in [-0.15, -0.1) is 0 Å². The number of β-amino-alcohol motifs (C(OH)–C–C–N with tert-alkyl or cyclic N) is 1. The van der Waals surface area contributed by atoms with Crippen molar-refractivity contribution >= 4 is 11.5 Å². The van der Waals surface area contributed by atoms with E-state index in [1.807, 2.05) is 4.90 Å². The number of piperidine rings is 1. The zero-order chi connectivity index (χ0) is 29.2. The highest BCUT2D eigenvalue weighted by molar-refractivity contribution is 5.54. The van der Waals surface area contributed by atoms with E-state index >= 15 is 0 Å². The second kappa shape index (κ2) is 10.2. The summed E-state index contributed by atoms with van der Waals surface area (Å²) in [5.74, 6) is 0.554. The van der Waals surface area contributed by atoms with E-state index in [2.05, 4.69) is 9.88 Å². The van der Waals surface area contributed by atoms with Crippen LogP contribution in [0.25, 0.3) is 0 Å². The van der Waals surface area contributed by atoms with E-state index in [9.17, 15) is 22.7 Å². The molecule has 3 saturated heterocycles. The van der Waals surface area contributed by atoms with Gasteiger partial charge < -0.3 is 25.2 Å². The Morgan fingerprint density at radius 2 is 1.98 bits per heavy atom. The average Bonchev–Trinajstić information content (AvgIpc) is 3.40. The number of alkyl halides is 4. The molecular formula is C29H37F4N5O3. The number of anilines is 2. The van der Waals surface area contributed by atoms with E-state index in [1.165, 1.54) is 19.1 Å². The SMILES string of the molecule is Cc1cc(N)cc([C@@H]2Cc3nc(OC[C@@]45CCCN4C[C@H](F)C5)nc(N4CCC[C@@](C)(O)C4)c3CO2)c1C(F)(F)F. The van der Waals surface area contributed by atoms with Crippen LogP contribution in [0.2, 0.25) is 0 Å². The van der Waals surface area contributed by atoms with Crippen LogP contribution in [-0.2, 0) is 23.9 Å². The van der Waals surface area contributed by atoms with Crippen molar-refractivity contribution in [2.24, 2.45) is 0 Å². The highest BCUT2D eigenvalue weighted by Gasteiger charge is 2.49. The first-order chi connectivity index (χ1) is 19.3. The number of aliphatic hydroxyl groups is 1. The fraction of sp³-hybridized carbons (Fsp3) is 0.655. The first-order valence-corrected chi connectivity index (χ1v) is 14.3. The van der Waals surface area contributed by atoms with Gasteiger partial charge in [0.25, 0.3) is 0 Å². The fourth-order valence-corrected chi connectivity index (χ4v) is 7.29. The number of hydrogen-bond donors (Lipinski definition) is 2. The van der Waals surface area contributed by atoms with Gasteiger partial charge in [0, 0.05) is 43.7 Å². The Morgan fingerprint density at radius 1 is 1.20 bits per heavy atom. The fourth-order valence-electron chi connectivity index (χ4n) is 7.29. The van der Waals surface area contributed by atoms with Crippen molar-refractivity contribution in [1.82, 2.24) is 14.9 Å². The van der Waals surface area contributed by atoms with E-state index in [1.54, 1.807) is 6.92 Å². The monoisotopic (exact) mass is 579 g/mol. The summed E-state index contributed by atoms with van der Waals surface area (Å²) in [5, 5.41) is 10.8. The molecular weight excluding hydrogens is 542 g/mol. The zero-order valence-electron chi connectivity index (χ0n) is 23.4. The minimum absolute atomic E-state index is 0.000641. The van der Waals surface area contributed by atoms with Crippen LogP contribution in [0.4, 0.5) is 29.1 Å². The van der Waals surface area contributed by atoms with Gasteiger partial charge in [0.05, 0.1) is 35.1 Å². The maximum atomic E-state index is 14.3. The number of aromatic nitrogens is 2. The maximum absolute atomic E-state index is 14.3. The first kappa shape index (κ1) is 28.4. The number of ether oxygens (including phenoxy) is 2. The minimum Gasteiger partial charge on any atom is -0.461 e. The Bertz CT molecular complexity index is 1320. The number of nitrogens with two attached hydrogens (primary N) is 1. The van der Waals surface area contributed by atoms with Crippen LogP contribution >= 0.6 is 0 Å². The molecule has 3 fully saturated rings. The van der Waals surface area contributed by atoms with Gasteiger partial charge in [0.2, 0.25) is 0 Å². The molecule has 0 saturated carbocycles. The van der Waals surface area contributed by atoms with Crippen LogP contribution in [0.15, 0.2) is 12.1 Å². The second-order valence-electron chi connectivity index (χ2n) is 12.4. The summed E-state index contributed by atoms with van der Waals surface area (Å²) in [5.41, 5.74) is 5.34. The molecule has 6 rings (SSSR count). The lowest BCUT2D eigenvalue weighted by Gasteiger charge is -2.39. The molecule has 1 aromatic carbocycles. The molecule has 0 aliphatic carbocycles. The number of fused-ring (bicyclic) bond motifs is 2. The molecule has 0 radical (unpaired) electrons. The molecule has 3 N–H and O–H groups in total. The van der Waals surface area contributed by atoms with Crippen LogP contribution in [0.1, 0.15) is 73.1 Å². The van der Waals surface area contributed by atoms with Crippen molar-refractivity contribution in [3.05, 3.63) is 40.1 Å². The standard InChI is InChI=1S/C29H37F4N5O3/c1-17-9-19(34)10-20(24(17)29(31,32)33)23-11-22-21(14-40-23)25(37-7-3-5-27(2,39)15-37)36-26(35-22)41-16-28-6-4-8-38(28)13-18(30)12-28/h9-10,18,23,39H,3-8,11-16,34H2,1-2H3/t18-,23+,27-,28+/m1/s1. The van der Waals surface area contributed by atoms with Gasteiger partial charge in [0.15, 0.2) is 0 Å². The zero-order valence-corrected chi connectivity index (χ0v) is 23.4. The van der Waals surface area contributed by atoms with Gasteiger partial charge in [-0.2, -0.15) is 23.1 Å². The summed E-state index contributed by atoms with van der Waals surface area (Å²) < 4.78 is 68.9. The Hall–Kier alpha value is -2.70. The van der Waals surface area contributed by atoms with Crippen molar-refractivity contribution in [2.75, 3.05) is 43.4 Å². The third-order valence-electron chi connectivity index (χ3n) is 9.08. The molecule has 4 aliphatic heterocycles. The summed E-state index contributed by atoms with van der Waals surface area (Å²) in [6.07, 6.45) is -2.75. The lowest BCUT2D eigenvalue weighted by Crippen LogP contribution is -2.47. The van der Waals surface area contributed by atoms with Crippen molar-refractivity contribution in [3.63, 3.8) is 0 Å². The van der Waals surface area contributed by atoms with Gasteiger partial charge in [-0.05, 0) is 69.3 Å². The number of halogens is 4. The first-order valence-electron chi connectivity index (χ1n) is 14.3. The molecule has 4 atom stereocenters. The lowest BCUT2D eigenvalue weighted by molar-refractivity contribution is -0.140. The van der Waals surface area contributed by atoms with E-state index in [0.717, 1.165) is 25.8 Å². The third kappa shape index (κ3) is 5.46. The molecule has 0 amide bonds. The second-order valence-corrected chi connectivity index (χ2v) is 12.4. The van der Waals surface area contributed by atoms with Crippen molar-refractivity contribution in [2.45, 2.75) is 88.6 Å². The summed E-state index contributed by atoms with van der Waals surface area (Å²) in [7, 11) is 0. The largest absolute Gasteiger partial charge is 0.461 e. The average molecular weight is 580 g/mol. The van der Waals surface area contributed by atoms with Crippen LogP contribution in [0.5, 0.6) is 6.01 Å². The Kier molecular flexibility index (Phi) is 7.09. The molecule has 0 spiro atoms. The van der Waals surface area contributed by atoms with Gasteiger partial charge in [0.1, 0.15) is 18.6 Å². The Morgan fingerprint density at radius 3 is 2.73 bits per heavy atom. The Balaban J connectivity index is 1.35. The van der Waals surface area contributed by atoms with Crippen molar-refractivity contribution < 1.29 is 32.1 Å². The van der Waals surface area contributed by atoms with Gasteiger partial charge in [-0.1, -0.05) is 0 Å². The van der Waals surface area contributed by atoms with Crippen molar-refractivity contribution in [3.8, 4) is 6.01 Å². The van der Waals surface area contributed by atoms with Gasteiger partial charge in [-0.3, -0.25) is 4.90 Å². The number of nitrogen functional groups attached to an aromatic ring is 1. The van der Waals surface area contributed by atoms with Crippen molar-refractivity contribution in [1.29, 1.82) is 0 Å². The molecule has 0 unspecified atom stereocenters. The van der Waals surface area contributed by atoms with E-state index < -0.39 is 35.2 Å². The highest BCUT2D eigenvalue weighted by Crippen LogP contribution is 2.44. The number of benzene rings is 1. The Labute approximate surface area is 236 Å². The van der Waals surface area contributed by atoms with Crippen LogP contribution in [0.3, 0.4) is 0 Å². The van der Waals surface area contributed by atoms with Gasteiger partial charge >= 0.3 is 12.2 Å². The third-order valence-corrected chi connectivity index (χ3v) is 9.08.